The average Bonchev–Trinajstić information content (AvgIpc) is 3.18. The molecule has 9 heteroatoms. The monoisotopic (exact) mass is 482 g/mol. The first kappa shape index (κ1) is 26.3. The number of methoxy groups -OCH3 is 1. The van der Waals surface area contributed by atoms with Crippen LogP contribution in [-0.4, -0.2) is 33.9 Å². The summed E-state index contributed by atoms with van der Waals surface area (Å²) < 4.78 is 39.5. The summed E-state index contributed by atoms with van der Waals surface area (Å²) in [6, 6.07) is 16.1. The standard InChI is InChI=1S/C22H25ClN2O.C2HF3O2/c1-3-4-11-20-22(18-9-7-10-19(23)15-18)24-16-25(20)14-13-17-8-5-6-12-21(17)26-2;3-2(4,5)1(6)7/h5-10,12,15-16H,3-4,11,13-14H2,1-2H3;(H,6,7). The highest BCUT2D eigenvalue weighted by molar-refractivity contribution is 6.30. The molecule has 0 aliphatic heterocycles. The number of carbonyl (C=O) groups is 1. The van der Waals surface area contributed by atoms with Gasteiger partial charge in [-0.2, -0.15) is 13.2 Å². The third-order valence-corrected chi connectivity index (χ3v) is 5.10. The number of imidazole rings is 1. The molecule has 0 unspecified atom stereocenters. The van der Waals surface area contributed by atoms with E-state index in [2.05, 4.69) is 29.7 Å². The lowest BCUT2D eigenvalue weighted by Gasteiger charge is -2.12. The summed E-state index contributed by atoms with van der Waals surface area (Å²) in [5, 5.41) is 7.87. The van der Waals surface area contributed by atoms with E-state index in [1.165, 1.54) is 11.3 Å². The second-order valence-electron chi connectivity index (χ2n) is 7.21. The fraction of sp³-hybridized carbons (Fsp3) is 0.333. The van der Waals surface area contributed by atoms with Gasteiger partial charge in [0, 0.05) is 22.8 Å². The van der Waals surface area contributed by atoms with Crippen molar-refractivity contribution in [2.75, 3.05) is 7.11 Å². The molecule has 3 aromatic rings. The Kier molecular flexibility index (Phi) is 9.78. The summed E-state index contributed by atoms with van der Waals surface area (Å²) in [6.07, 6.45) is 1.11. The van der Waals surface area contributed by atoms with Crippen molar-refractivity contribution < 1.29 is 27.8 Å². The summed E-state index contributed by atoms with van der Waals surface area (Å²) in [5.74, 6) is -1.81. The number of carboxylic acid groups (broad SMARTS) is 1. The van der Waals surface area contributed by atoms with Crippen LogP contribution in [0.3, 0.4) is 0 Å². The Labute approximate surface area is 195 Å². The van der Waals surface area contributed by atoms with Gasteiger partial charge >= 0.3 is 12.1 Å². The SMILES string of the molecule is CCCCc1c(-c2cccc(Cl)c2)ncn1CCc1ccccc1OC.O=C(O)C(F)(F)F. The number of aromatic nitrogens is 2. The van der Waals surface area contributed by atoms with Crippen LogP contribution in [-0.2, 0) is 24.2 Å². The summed E-state index contributed by atoms with van der Waals surface area (Å²) in [6.45, 7) is 3.10. The summed E-state index contributed by atoms with van der Waals surface area (Å²) in [7, 11) is 1.72. The van der Waals surface area contributed by atoms with E-state index >= 15 is 0 Å². The summed E-state index contributed by atoms with van der Waals surface area (Å²) in [5.41, 5.74) is 4.62. The number of unbranched alkanes of at least 4 members (excludes halogenated alkanes) is 1. The Morgan fingerprint density at radius 3 is 2.45 bits per heavy atom. The number of rotatable bonds is 8. The zero-order chi connectivity index (χ0) is 24.4. The van der Waals surface area contributed by atoms with Crippen LogP contribution in [0.1, 0.15) is 31.0 Å². The Balaban J connectivity index is 0.000000479. The van der Waals surface area contributed by atoms with E-state index in [1.807, 2.05) is 36.7 Å². The number of para-hydroxylation sites is 1. The molecular weight excluding hydrogens is 457 g/mol. The average molecular weight is 483 g/mol. The van der Waals surface area contributed by atoms with Crippen LogP contribution < -0.4 is 4.74 Å². The van der Waals surface area contributed by atoms with Crippen LogP contribution in [0.4, 0.5) is 13.2 Å². The number of aryl methyl sites for hydroxylation is 2. The number of ether oxygens (including phenoxy) is 1. The Morgan fingerprint density at radius 1 is 1.15 bits per heavy atom. The van der Waals surface area contributed by atoms with E-state index in [0.717, 1.165) is 54.3 Å². The molecule has 0 saturated carbocycles. The number of carboxylic acids is 1. The van der Waals surface area contributed by atoms with Gasteiger partial charge in [0.2, 0.25) is 0 Å². The van der Waals surface area contributed by atoms with Gasteiger partial charge in [0.05, 0.1) is 19.1 Å². The van der Waals surface area contributed by atoms with E-state index in [0.29, 0.717) is 0 Å². The van der Waals surface area contributed by atoms with Crippen molar-refractivity contribution >= 4 is 17.6 Å². The second-order valence-corrected chi connectivity index (χ2v) is 7.65. The van der Waals surface area contributed by atoms with Crippen LogP contribution in [0.25, 0.3) is 11.3 Å². The third kappa shape index (κ3) is 7.82. The largest absolute Gasteiger partial charge is 0.496 e. The van der Waals surface area contributed by atoms with Gasteiger partial charge in [-0.25, -0.2) is 9.78 Å². The molecule has 33 heavy (non-hydrogen) atoms. The van der Waals surface area contributed by atoms with E-state index in [4.69, 9.17) is 31.2 Å². The van der Waals surface area contributed by atoms with E-state index < -0.39 is 12.1 Å². The molecule has 0 saturated heterocycles. The molecular formula is C24H26ClF3N2O3. The predicted molar refractivity (Wildman–Crippen MR) is 122 cm³/mol. The van der Waals surface area contributed by atoms with Gasteiger partial charge in [-0.15, -0.1) is 0 Å². The molecule has 178 valence electrons. The number of halogens is 4. The van der Waals surface area contributed by atoms with Gasteiger partial charge in [-0.05, 0) is 43.0 Å². The Hall–Kier alpha value is -3.00. The molecule has 1 heterocycles. The lowest BCUT2D eigenvalue weighted by molar-refractivity contribution is -0.192. The van der Waals surface area contributed by atoms with Crippen LogP contribution in [0.2, 0.25) is 5.02 Å². The highest BCUT2D eigenvalue weighted by Gasteiger charge is 2.38. The zero-order valence-corrected chi connectivity index (χ0v) is 19.2. The highest BCUT2D eigenvalue weighted by atomic mass is 35.5. The van der Waals surface area contributed by atoms with Gasteiger partial charge in [-0.1, -0.05) is 55.3 Å². The molecule has 1 N–H and O–H groups in total. The van der Waals surface area contributed by atoms with Crippen LogP contribution in [0.5, 0.6) is 5.75 Å². The van der Waals surface area contributed by atoms with Crippen molar-refractivity contribution in [2.24, 2.45) is 0 Å². The number of hydrogen-bond acceptors (Lipinski definition) is 3. The van der Waals surface area contributed by atoms with Gasteiger partial charge in [-0.3, -0.25) is 0 Å². The molecule has 0 fully saturated rings. The number of nitrogens with zero attached hydrogens (tertiary/aromatic N) is 2. The molecule has 1 aromatic heterocycles. The fourth-order valence-electron chi connectivity index (χ4n) is 3.23. The normalized spacial score (nSPS) is 11.0. The lowest BCUT2D eigenvalue weighted by Crippen LogP contribution is -2.21. The van der Waals surface area contributed by atoms with Gasteiger partial charge in [0.15, 0.2) is 0 Å². The maximum Gasteiger partial charge on any atom is 0.490 e. The first-order valence-electron chi connectivity index (χ1n) is 10.4. The number of alkyl halides is 3. The number of hydrogen-bond donors (Lipinski definition) is 1. The van der Waals surface area contributed by atoms with Crippen molar-refractivity contribution in [3.8, 4) is 17.0 Å². The minimum atomic E-state index is -5.08. The topological polar surface area (TPSA) is 64.4 Å². The zero-order valence-electron chi connectivity index (χ0n) is 18.4. The summed E-state index contributed by atoms with van der Waals surface area (Å²) in [4.78, 5) is 13.6. The highest BCUT2D eigenvalue weighted by Crippen LogP contribution is 2.27. The van der Waals surface area contributed by atoms with Crippen molar-refractivity contribution in [1.82, 2.24) is 9.55 Å². The lowest BCUT2D eigenvalue weighted by atomic mass is 10.1. The summed E-state index contributed by atoms with van der Waals surface area (Å²) >= 11 is 6.18. The minimum Gasteiger partial charge on any atom is -0.496 e. The first-order chi connectivity index (χ1) is 15.7. The molecule has 0 bridgehead atoms. The maximum absolute atomic E-state index is 10.6. The molecule has 3 rings (SSSR count). The van der Waals surface area contributed by atoms with Crippen molar-refractivity contribution in [2.45, 2.75) is 45.3 Å². The van der Waals surface area contributed by atoms with Crippen LogP contribution >= 0.6 is 11.6 Å². The van der Waals surface area contributed by atoms with E-state index in [1.54, 1.807) is 7.11 Å². The Bertz CT molecular complexity index is 1050. The second kappa shape index (κ2) is 12.3. The van der Waals surface area contributed by atoms with Crippen LogP contribution in [0, 0.1) is 0 Å². The number of aliphatic carboxylic acids is 1. The van der Waals surface area contributed by atoms with Crippen molar-refractivity contribution in [1.29, 1.82) is 0 Å². The van der Waals surface area contributed by atoms with Gasteiger partial charge in [0.1, 0.15) is 5.75 Å². The minimum absolute atomic E-state index is 0.743. The molecule has 0 aliphatic rings. The molecule has 0 atom stereocenters. The van der Waals surface area contributed by atoms with E-state index in [-0.39, 0.29) is 0 Å². The quantitative estimate of drug-likeness (QED) is 0.402. The predicted octanol–water partition coefficient (Wildman–Crippen LogP) is 6.43. The van der Waals surface area contributed by atoms with Crippen LogP contribution in [0.15, 0.2) is 54.9 Å². The molecule has 0 spiro atoms. The smallest absolute Gasteiger partial charge is 0.490 e. The molecule has 0 amide bonds. The molecule has 0 radical (unpaired) electrons. The van der Waals surface area contributed by atoms with Gasteiger partial charge in [0.25, 0.3) is 0 Å². The van der Waals surface area contributed by atoms with E-state index in [9.17, 15) is 13.2 Å². The number of benzene rings is 2. The fourth-order valence-corrected chi connectivity index (χ4v) is 3.42. The third-order valence-electron chi connectivity index (χ3n) is 4.87. The Morgan fingerprint density at radius 2 is 1.85 bits per heavy atom. The molecule has 2 aromatic carbocycles. The first-order valence-corrected chi connectivity index (χ1v) is 10.8. The van der Waals surface area contributed by atoms with Crippen molar-refractivity contribution in [3.05, 3.63) is 71.1 Å². The maximum atomic E-state index is 10.6. The van der Waals surface area contributed by atoms with Gasteiger partial charge < -0.3 is 14.4 Å². The van der Waals surface area contributed by atoms with Crippen molar-refractivity contribution in [3.63, 3.8) is 0 Å². The molecule has 0 aliphatic carbocycles. The molecule has 5 nitrogen and oxygen atoms in total.